The predicted octanol–water partition coefficient (Wildman–Crippen LogP) is 1.40. The van der Waals surface area contributed by atoms with Gasteiger partial charge in [0.15, 0.2) is 0 Å². The lowest BCUT2D eigenvalue weighted by Gasteiger charge is -2.59. The van der Waals surface area contributed by atoms with Crippen LogP contribution in [-0.2, 0) is 4.79 Å². The number of fused-ring (bicyclic) bond motifs is 1. The molecule has 5 heteroatoms. The minimum Gasteiger partial charge on any atom is -0.390 e. The van der Waals surface area contributed by atoms with Gasteiger partial charge in [-0.3, -0.25) is 4.79 Å². The van der Waals surface area contributed by atoms with E-state index in [1.165, 1.54) is 19.3 Å². The largest absolute Gasteiger partial charge is 0.390 e. The number of carbonyl (C=O) groups is 1. The van der Waals surface area contributed by atoms with Crippen LogP contribution in [-0.4, -0.2) is 39.6 Å². The van der Waals surface area contributed by atoms with Crippen molar-refractivity contribution in [3.8, 4) is 6.07 Å². The number of hydrogen-bond acceptors (Lipinski definition) is 4. The molecule has 0 radical (unpaired) electrons. The standard InChI is InChI=1S/C19H27N3O2/c20-9-14-4-13-5-17(13)22(14)18(23)16(21)6-15-12-2-10-1-11(3-12)8-19(15,24)7-10/h10-17,24H,1-8,21H2. The van der Waals surface area contributed by atoms with Crippen LogP contribution >= 0.6 is 0 Å². The maximum absolute atomic E-state index is 12.9. The summed E-state index contributed by atoms with van der Waals surface area (Å²) in [7, 11) is 0. The summed E-state index contributed by atoms with van der Waals surface area (Å²) < 4.78 is 0. The van der Waals surface area contributed by atoms with Crippen molar-refractivity contribution in [3.63, 3.8) is 0 Å². The lowest BCUT2D eigenvalue weighted by Crippen LogP contribution is -2.59. The predicted molar refractivity (Wildman–Crippen MR) is 87.3 cm³/mol. The fourth-order valence-corrected chi connectivity index (χ4v) is 6.97. The average molecular weight is 329 g/mol. The molecule has 0 spiro atoms. The molecule has 1 heterocycles. The minimum absolute atomic E-state index is 0.0519. The van der Waals surface area contributed by atoms with Crippen LogP contribution < -0.4 is 5.73 Å². The molecule has 4 bridgehead atoms. The number of hydrogen-bond donors (Lipinski definition) is 2. The molecule has 5 saturated carbocycles. The lowest BCUT2D eigenvalue weighted by molar-refractivity contribution is -0.175. The Balaban J connectivity index is 1.31. The number of nitrogens with zero attached hydrogens (tertiary/aromatic N) is 2. The van der Waals surface area contributed by atoms with Crippen LogP contribution in [0, 0.1) is 40.9 Å². The van der Waals surface area contributed by atoms with Crippen LogP contribution in [0.15, 0.2) is 0 Å². The molecule has 0 aromatic heterocycles. The molecular formula is C19H27N3O2. The van der Waals surface area contributed by atoms with Crippen LogP contribution in [0.5, 0.6) is 0 Å². The Morgan fingerprint density at radius 2 is 1.92 bits per heavy atom. The number of nitrogens with two attached hydrogens (primary N) is 1. The van der Waals surface area contributed by atoms with Crippen molar-refractivity contribution in [1.82, 2.24) is 4.90 Å². The number of rotatable bonds is 3. The van der Waals surface area contributed by atoms with Crippen molar-refractivity contribution in [1.29, 1.82) is 5.26 Å². The molecule has 3 N–H and O–H groups in total. The fourth-order valence-electron chi connectivity index (χ4n) is 6.97. The van der Waals surface area contributed by atoms with E-state index >= 15 is 0 Å². The number of likely N-dealkylation sites (tertiary alicyclic amines) is 1. The Morgan fingerprint density at radius 1 is 1.21 bits per heavy atom. The highest BCUT2D eigenvalue weighted by Gasteiger charge is 2.58. The highest BCUT2D eigenvalue weighted by molar-refractivity contribution is 5.83. The molecule has 7 unspecified atom stereocenters. The Hall–Kier alpha value is -1.12. The number of amides is 1. The van der Waals surface area contributed by atoms with Crippen molar-refractivity contribution in [2.75, 3.05) is 0 Å². The van der Waals surface area contributed by atoms with Gasteiger partial charge in [-0.2, -0.15) is 5.26 Å². The topological polar surface area (TPSA) is 90.4 Å². The molecule has 24 heavy (non-hydrogen) atoms. The Kier molecular flexibility index (Phi) is 3.13. The number of aliphatic hydroxyl groups is 1. The zero-order valence-corrected chi connectivity index (χ0v) is 14.1. The second kappa shape index (κ2) is 4.95. The van der Waals surface area contributed by atoms with Crippen LogP contribution in [0.1, 0.15) is 51.4 Å². The molecule has 6 aliphatic rings. The van der Waals surface area contributed by atoms with Gasteiger partial charge in [-0.15, -0.1) is 0 Å². The summed E-state index contributed by atoms with van der Waals surface area (Å²) in [5.41, 5.74) is 5.73. The number of carbonyl (C=O) groups excluding carboxylic acids is 1. The molecule has 1 aliphatic heterocycles. The zero-order valence-electron chi connectivity index (χ0n) is 14.1. The van der Waals surface area contributed by atoms with E-state index in [1.807, 2.05) is 0 Å². The van der Waals surface area contributed by atoms with Crippen molar-refractivity contribution in [3.05, 3.63) is 0 Å². The van der Waals surface area contributed by atoms with Gasteiger partial charge >= 0.3 is 0 Å². The molecule has 6 fully saturated rings. The van der Waals surface area contributed by atoms with Crippen LogP contribution in [0.2, 0.25) is 0 Å². The quantitative estimate of drug-likeness (QED) is 0.819. The molecule has 5 nitrogen and oxygen atoms in total. The van der Waals surface area contributed by atoms with E-state index in [1.54, 1.807) is 4.90 Å². The zero-order chi connectivity index (χ0) is 16.6. The summed E-state index contributed by atoms with van der Waals surface area (Å²) in [6.07, 6.45) is 7.96. The smallest absolute Gasteiger partial charge is 0.240 e. The average Bonchev–Trinajstić information content (AvgIpc) is 3.19. The minimum atomic E-state index is -0.589. The van der Waals surface area contributed by atoms with Crippen molar-refractivity contribution in [2.24, 2.45) is 35.3 Å². The number of nitriles is 1. The summed E-state index contributed by atoms with van der Waals surface area (Å²) in [6.45, 7) is 0. The highest BCUT2D eigenvalue weighted by atomic mass is 16.3. The molecule has 1 saturated heterocycles. The van der Waals surface area contributed by atoms with E-state index in [0.29, 0.717) is 30.1 Å². The summed E-state index contributed by atoms with van der Waals surface area (Å²) in [6, 6.07) is 1.69. The van der Waals surface area contributed by atoms with Gasteiger partial charge in [-0.1, -0.05) is 0 Å². The van der Waals surface area contributed by atoms with Gasteiger partial charge in [0, 0.05) is 6.04 Å². The van der Waals surface area contributed by atoms with Gasteiger partial charge in [0.25, 0.3) is 0 Å². The summed E-state index contributed by atoms with van der Waals surface area (Å²) in [5.74, 6) is 2.55. The first kappa shape index (κ1) is 15.2. The molecule has 1 amide bonds. The molecule has 0 aromatic rings. The van der Waals surface area contributed by atoms with E-state index in [4.69, 9.17) is 5.73 Å². The second-order valence-corrected chi connectivity index (χ2v) is 9.35. The van der Waals surface area contributed by atoms with E-state index in [-0.39, 0.29) is 23.9 Å². The summed E-state index contributed by atoms with van der Waals surface area (Å²) in [4.78, 5) is 14.7. The second-order valence-electron chi connectivity index (χ2n) is 9.35. The maximum Gasteiger partial charge on any atom is 0.240 e. The molecule has 5 aliphatic carbocycles. The van der Waals surface area contributed by atoms with Gasteiger partial charge in [-0.25, -0.2) is 0 Å². The first-order valence-corrected chi connectivity index (χ1v) is 9.68. The summed E-state index contributed by atoms with van der Waals surface area (Å²) >= 11 is 0. The monoisotopic (exact) mass is 329 g/mol. The van der Waals surface area contributed by atoms with Gasteiger partial charge in [-0.05, 0) is 81.0 Å². The van der Waals surface area contributed by atoms with E-state index in [2.05, 4.69) is 6.07 Å². The van der Waals surface area contributed by atoms with Gasteiger partial charge in [0.05, 0.1) is 17.7 Å². The fraction of sp³-hybridized carbons (Fsp3) is 0.895. The third kappa shape index (κ3) is 2.09. The van der Waals surface area contributed by atoms with Gasteiger partial charge in [0.2, 0.25) is 5.91 Å². The highest BCUT2D eigenvalue weighted by Crippen LogP contribution is 2.59. The van der Waals surface area contributed by atoms with Gasteiger partial charge < -0.3 is 15.7 Å². The Bertz CT molecular complexity index is 600. The Morgan fingerprint density at radius 3 is 2.54 bits per heavy atom. The molecule has 7 atom stereocenters. The van der Waals surface area contributed by atoms with Crippen LogP contribution in [0.25, 0.3) is 0 Å². The number of piperidine rings is 1. The van der Waals surface area contributed by atoms with Crippen LogP contribution in [0.3, 0.4) is 0 Å². The molecule has 0 aromatic carbocycles. The van der Waals surface area contributed by atoms with E-state index < -0.39 is 11.6 Å². The lowest BCUT2D eigenvalue weighted by atomic mass is 9.49. The van der Waals surface area contributed by atoms with Crippen molar-refractivity contribution in [2.45, 2.75) is 75.1 Å². The van der Waals surface area contributed by atoms with Crippen molar-refractivity contribution < 1.29 is 9.90 Å². The molecule has 130 valence electrons. The third-order valence-electron chi connectivity index (χ3n) is 7.82. The van der Waals surface area contributed by atoms with Crippen LogP contribution in [0.4, 0.5) is 0 Å². The summed E-state index contributed by atoms with van der Waals surface area (Å²) in [5, 5.41) is 20.5. The normalized spacial score (nSPS) is 52.0. The van der Waals surface area contributed by atoms with E-state index in [0.717, 1.165) is 25.7 Å². The third-order valence-corrected chi connectivity index (χ3v) is 7.82. The first-order chi connectivity index (χ1) is 11.5. The first-order valence-electron chi connectivity index (χ1n) is 9.68. The SMILES string of the molecule is N#CC1CC2CC2N1C(=O)C(N)CC1C2CC3CC(C2)CC1(O)C3. The van der Waals surface area contributed by atoms with Crippen molar-refractivity contribution >= 4 is 5.91 Å². The molecular weight excluding hydrogens is 302 g/mol. The molecule has 6 rings (SSSR count). The maximum atomic E-state index is 12.9. The van der Waals surface area contributed by atoms with Gasteiger partial charge in [0.1, 0.15) is 6.04 Å². The van der Waals surface area contributed by atoms with E-state index in [9.17, 15) is 15.2 Å². The Labute approximate surface area is 143 Å².